The van der Waals surface area contributed by atoms with Crippen LogP contribution in [0.3, 0.4) is 0 Å². The number of nitrogens with one attached hydrogen (secondary N) is 1. The minimum atomic E-state index is 0.0741. The van der Waals surface area contributed by atoms with Gasteiger partial charge in [0.15, 0.2) is 0 Å². The molecule has 1 atom stereocenters. The van der Waals surface area contributed by atoms with Gasteiger partial charge in [-0.25, -0.2) is 0 Å². The lowest BCUT2D eigenvalue weighted by atomic mass is 9.88. The fraction of sp³-hybridized carbons (Fsp3) is 0.571. The van der Waals surface area contributed by atoms with Crippen molar-refractivity contribution < 1.29 is 9.47 Å². The number of hydrogen-bond donors (Lipinski definition) is 2. The first kappa shape index (κ1) is 14.8. The summed E-state index contributed by atoms with van der Waals surface area (Å²) in [4.78, 5) is 0. The van der Waals surface area contributed by atoms with Crippen LogP contribution in [0, 0.1) is 5.92 Å². The molecule has 1 aromatic rings. The quantitative estimate of drug-likeness (QED) is 0.578. The summed E-state index contributed by atoms with van der Waals surface area (Å²) in [5, 5.41) is 0. The number of hydrogen-bond acceptors (Lipinski definition) is 4. The summed E-state index contributed by atoms with van der Waals surface area (Å²) < 4.78 is 10.7. The van der Waals surface area contributed by atoms with Gasteiger partial charge >= 0.3 is 0 Å². The van der Waals surface area contributed by atoms with Gasteiger partial charge in [0.1, 0.15) is 11.5 Å². The molecule has 3 N–H and O–H groups in total. The maximum absolute atomic E-state index is 5.73. The monoisotopic (exact) mass is 252 g/mol. The van der Waals surface area contributed by atoms with E-state index < -0.39 is 0 Å². The zero-order valence-electron chi connectivity index (χ0n) is 11.7. The van der Waals surface area contributed by atoms with Crippen LogP contribution >= 0.6 is 0 Å². The molecule has 102 valence electrons. The highest BCUT2D eigenvalue weighted by molar-refractivity contribution is 5.42. The summed E-state index contributed by atoms with van der Waals surface area (Å²) in [6, 6.07) is 5.87. The summed E-state index contributed by atoms with van der Waals surface area (Å²) in [5.74, 6) is 7.85. The number of methoxy groups -OCH3 is 2. The lowest BCUT2D eigenvalue weighted by molar-refractivity contribution is 0.326. The molecule has 1 unspecified atom stereocenters. The number of hydrazine groups is 1. The Morgan fingerprint density at radius 2 is 1.83 bits per heavy atom. The van der Waals surface area contributed by atoms with E-state index >= 15 is 0 Å². The second-order valence-electron chi connectivity index (χ2n) is 4.33. The van der Waals surface area contributed by atoms with Crippen molar-refractivity contribution in [2.75, 3.05) is 14.2 Å². The molecule has 0 aliphatic heterocycles. The zero-order valence-corrected chi connectivity index (χ0v) is 11.7. The van der Waals surface area contributed by atoms with E-state index in [4.69, 9.17) is 15.3 Å². The van der Waals surface area contributed by atoms with Crippen LogP contribution in [0.2, 0.25) is 0 Å². The first-order chi connectivity index (χ1) is 8.71. The fourth-order valence-corrected chi connectivity index (χ4v) is 2.32. The molecular formula is C14H24N2O2. The Hall–Kier alpha value is -1.26. The molecule has 1 aromatic carbocycles. The highest BCUT2D eigenvalue weighted by Gasteiger charge is 2.22. The Bertz CT molecular complexity index is 365. The number of nitrogens with two attached hydrogens (primary N) is 1. The summed E-state index contributed by atoms with van der Waals surface area (Å²) in [7, 11) is 3.33. The molecule has 4 nitrogen and oxygen atoms in total. The van der Waals surface area contributed by atoms with Crippen molar-refractivity contribution in [2.45, 2.75) is 32.7 Å². The highest BCUT2D eigenvalue weighted by atomic mass is 16.5. The molecule has 0 bridgehead atoms. The molecule has 0 fully saturated rings. The number of benzene rings is 1. The molecule has 1 rings (SSSR count). The predicted molar refractivity (Wildman–Crippen MR) is 73.7 cm³/mol. The predicted octanol–water partition coefficient (Wildman–Crippen LogP) is 2.64. The van der Waals surface area contributed by atoms with E-state index in [1.165, 1.54) is 0 Å². The average molecular weight is 252 g/mol. The van der Waals surface area contributed by atoms with Crippen LogP contribution in [0.5, 0.6) is 11.5 Å². The summed E-state index contributed by atoms with van der Waals surface area (Å²) >= 11 is 0. The van der Waals surface area contributed by atoms with E-state index in [-0.39, 0.29) is 6.04 Å². The van der Waals surface area contributed by atoms with Gasteiger partial charge in [-0.1, -0.05) is 26.7 Å². The van der Waals surface area contributed by atoms with Crippen molar-refractivity contribution in [3.8, 4) is 11.5 Å². The smallest absolute Gasteiger partial charge is 0.123 e. The van der Waals surface area contributed by atoms with Crippen LogP contribution in [0.25, 0.3) is 0 Å². The van der Waals surface area contributed by atoms with Crippen LogP contribution in [-0.4, -0.2) is 14.2 Å². The fourth-order valence-electron chi connectivity index (χ4n) is 2.32. The van der Waals surface area contributed by atoms with E-state index in [1.54, 1.807) is 14.2 Å². The SMILES string of the molecule is CCC(CC)C(NN)c1cc(OC)ccc1OC. The van der Waals surface area contributed by atoms with Crippen LogP contribution in [0.15, 0.2) is 18.2 Å². The van der Waals surface area contributed by atoms with Crippen molar-refractivity contribution in [1.29, 1.82) is 0 Å². The molecular weight excluding hydrogens is 228 g/mol. The second-order valence-corrected chi connectivity index (χ2v) is 4.33. The van der Waals surface area contributed by atoms with Crippen LogP contribution in [0.1, 0.15) is 38.3 Å². The second kappa shape index (κ2) is 7.24. The Labute approximate surface area is 109 Å². The van der Waals surface area contributed by atoms with Crippen molar-refractivity contribution in [3.63, 3.8) is 0 Å². The normalized spacial score (nSPS) is 12.6. The first-order valence-electron chi connectivity index (χ1n) is 6.39. The molecule has 0 aromatic heterocycles. The first-order valence-corrected chi connectivity index (χ1v) is 6.39. The molecule has 0 radical (unpaired) electrons. The number of rotatable bonds is 7. The molecule has 0 heterocycles. The topological polar surface area (TPSA) is 56.5 Å². The Balaban J connectivity index is 3.16. The molecule has 0 aliphatic rings. The molecule has 0 amide bonds. The van der Waals surface area contributed by atoms with Gasteiger partial charge in [0.2, 0.25) is 0 Å². The molecule has 0 spiro atoms. The van der Waals surface area contributed by atoms with Gasteiger partial charge < -0.3 is 9.47 Å². The Kier molecular flexibility index (Phi) is 5.95. The number of ether oxygens (including phenoxy) is 2. The Morgan fingerprint density at radius 3 is 2.28 bits per heavy atom. The maximum atomic E-state index is 5.73. The Morgan fingerprint density at radius 1 is 1.17 bits per heavy atom. The van der Waals surface area contributed by atoms with Crippen LogP contribution in [0.4, 0.5) is 0 Å². The van der Waals surface area contributed by atoms with Crippen molar-refractivity contribution in [1.82, 2.24) is 5.43 Å². The minimum Gasteiger partial charge on any atom is -0.497 e. The summed E-state index contributed by atoms with van der Waals surface area (Å²) in [6.45, 7) is 4.34. The van der Waals surface area contributed by atoms with Gasteiger partial charge in [0.05, 0.1) is 20.3 Å². The van der Waals surface area contributed by atoms with Crippen LogP contribution < -0.4 is 20.7 Å². The van der Waals surface area contributed by atoms with E-state index in [2.05, 4.69) is 19.3 Å². The van der Waals surface area contributed by atoms with Crippen LogP contribution in [-0.2, 0) is 0 Å². The standard InChI is InChI=1S/C14H24N2O2/c1-5-10(6-2)14(16-15)12-9-11(17-3)7-8-13(12)18-4/h7-10,14,16H,5-6,15H2,1-4H3. The van der Waals surface area contributed by atoms with E-state index in [0.717, 1.165) is 29.9 Å². The minimum absolute atomic E-state index is 0.0741. The van der Waals surface area contributed by atoms with Gasteiger partial charge in [0, 0.05) is 5.56 Å². The van der Waals surface area contributed by atoms with E-state index in [9.17, 15) is 0 Å². The van der Waals surface area contributed by atoms with Gasteiger partial charge in [-0.3, -0.25) is 11.3 Å². The summed E-state index contributed by atoms with van der Waals surface area (Å²) in [6.07, 6.45) is 2.12. The third-order valence-corrected chi connectivity index (χ3v) is 3.47. The van der Waals surface area contributed by atoms with Gasteiger partial charge in [-0.05, 0) is 24.1 Å². The highest BCUT2D eigenvalue weighted by Crippen LogP contribution is 2.35. The van der Waals surface area contributed by atoms with Gasteiger partial charge in [-0.2, -0.15) is 0 Å². The van der Waals surface area contributed by atoms with Gasteiger partial charge in [0.25, 0.3) is 0 Å². The molecule has 0 aliphatic carbocycles. The van der Waals surface area contributed by atoms with E-state index in [0.29, 0.717) is 5.92 Å². The maximum Gasteiger partial charge on any atom is 0.123 e. The largest absolute Gasteiger partial charge is 0.497 e. The molecule has 4 heteroatoms. The van der Waals surface area contributed by atoms with Crippen molar-refractivity contribution in [3.05, 3.63) is 23.8 Å². The molecule has 0 saturated heterocycles. The van der Waals surface area contributed by atoms with Gasteiger partial charge in [-0.15, -0.1) is 0 Å². The lowest BCUT2D eigenvalue weighted by Crippen LogP contribution is -2.33. The summed E-state index contributed by atoms with van der Waals surface area (Å²) in [5.41, 5.74) is 3.96. The van der Waals surface area contributed by atoms with Crippen molar-refractivity contribution in [2.24, 2.45) is 11.8 Å². The van der Waals surface area contributed by atoms with E-state index in [1.807, 2.05) is 18.2 Å². The molecule has 0 saturated carbocycles. The lowest BCUT2D eigenvalue weighted by Gasteiger charge is -2.26. The molecule has 18 heavy (non-hydrogen) atoms. The zero-order chi connectivity index (χ0) is 13.5. The third-order valence-electron chi connectivity index (χ3n) is 3.47. The average Bonchev–Trinajstić information content (AvgIpc) is 2.43. The third kappa shape index (κ3) is 3.15. The van der Waals surface area contributed by atoms with Crippen molar-refractivity contribution >= 4 is 0 Å².